The number of nitrogens with one attached hydrogen (secondary N) is 1. The zero-order chi connectivity index (χ0) is 27.8. The molecule has 3 aliphatic rings. The lowest BCUT2D eigenvalue weighted by molar-refractivity contribution is -0.118. The minimum Gasteiger partial charge on any atom is -0.362 e. The summed E-state index contributed by atoms with van der Waals surface area (Å²) in [5.41, 5.74) is 9.04. The van der Waals surface area contributed by atoms with Crippen LogP contribution in [0.1, 0.15) is 82.5 Å². The Labute approximate surface area is 236 Å². The van der Waals surface area contributed by atoms with E-state index in [1.165, 1.54) is 16.8 Å². The number of carbonyl (C=O) groups is 1. The Morgan fingerprint density at radius 1 is 0.950 bits per heavy atom. The predicted octanol–water partition coefficient (Wildman–Crippen LogP) is 7.99. The molecule has 1 aromatic heterocycles. The van der Waals surface area contributed by atoms with E-state index in [1.54, 1.807) is 0 Å². The molecule has 0 bridgehead atoms. The molecule has 1 aliphatic carbocycles. The first-order chi connectivity index (χ1) is 19.1. The van der Waals surface area contributed by atoms with E-state index < -0.39 is 0 Å². The number of Topliss-reactive ketones (excluding diaryl/α,β-unsaturated/α-hetero) is 1. The number of fused-ring (bicyclic) bond motifs is 4. The first-order valence-corrected chi connectivity index (χ1v) is 14.6. The summed E-state index contributed by atoms with van der Waals surface area (Å²) >= 11 is 0. The molecule has 3 aromatic carbocycles. The van der Waals surface area contributed by atoms with Gasteiger partial charge in [0.25, 0.3) is 0 Å². The molecule has 40 heavy (non-hydrogen) atoms. The van der Waals surface area contributed by atoms with Crippen LogP contribution in [0.15, 0.2) is 84.1 Å². The topological polar surface area (TPSA) is 50.2 Å². The molecule has 5 heteroatoms. The molecule has 0 unspecified atom stereocenters. The van der Waals surface area contributed by atoms with Gasteiger partial charge in [0.2, 0.25) is 5.95 Å². The Bertz CT molecular complexity index is 1680. The van der Waals surface area contributed by atoms with E-state index in [2.05, 4.69) is 116 Å². The van der Waals surface area contributed by atoms with Crippen molar-refractivity contribution in [3.63, 3.8) is 0 Å². The van der Waals surface area contributed by atoms with Crippen LogP contribution in [0.25, 0.3) is 11.0 Å². The van der Waals surface area contributed by atoms with E-state index >= 15 is 0 Å². The number of aromatic nitrogens is 2. The van der Waals surface area contributed by atoms with Gasteiger partial charge in [0.05, 0.1) is 17.1 Å². The van der Waals surface area contributed by atoms with Gasteiger partial charge in [-0.15, -0.1) is 0 Å². The first kappa shape index (κ1) is 25.1. The standard InChI is InChI=1S/C35H38N4O/c1-22-18-35(4,5)38(21-23-11-7-6-8-12-23)28-16-15-24(17-25(22)28)32-31-27(19-34(2,3)20-30(31)40)37-33-36-26-13-9-10-14-29(26)39(32)33/h6-17,22,32H,18-21H2,1-5H3,(H,36,37)/t22-,32-/m0/s1. The fraction of sp³-hybridized carbons (Fsp3) is 0.371. The van der Waals surface area contributed by atoms with Crippen molar-refractivity contribution in [3.8, 4) is 0 Å². The zero-order valence-electron chi connectivity index (χ0n) is 24.2. The summed E-state index contributed by atoms with van der Waals surface area (Å²) in [6.45, 7) is 12.3. The Morgan fingerprint density at radius 2 is 1.70 bits per heavy atom. The Hall–Kier alpha value is -3.86. The van der Waals surface area contributed by atoms with E-state index in [4.69, 9.17) is 4.98 Å². The molecule has 204 valence electrons. The average molecular weight is 531 g/mol. The SMILES string of the molecule is C[C@H]1CC(C)(C)N(Cc2ccccc2)c2ccc([C@H]3C4=C(CC(C)(C)CC4=O)Nc4nc5ccccc5n43)cc21. The predicted molar refractivity (Wildman–Crippen MR) is 163 cm³/mol. The Kier molecular flexibility index (Phi) is 5.54. The quantitative estimate of drug-likeness (QED) is 0.292. The summed E-state index contributed by atoms with van der Waals surface area (Å²) < 4.78 is 2.26. The summed E-state index contributed by atoms with van der Waals surface area (Å²) in [6.07, 6.45) is 2.48. The van der Waals surface area contributed by atoms with Crippen LogP contribution in [0.3, 0.4) is 0 Å². The second kappa shape index (κ2) is 8.82. The zero-order valence-corrected chi connectivity index (χ0v) is 24.2. The molecule has 2 aliphatic heterocycles. The molecule has 0 spiro atoms. The highest BCUT2D eigenvalue weighted by Gasteiger charge is 2.43. The molecule has 3 heterocycles. The fourth-order valence-electron chi connectivity index (χ4n) is 7.48. The number of benzene rings is 3. The van der Waals surface area contributed by atoms with Crippen LogP contribution in [-0.4, -0.2) is 20.9 Å². The number of ketones is 1. The van der Waals surface area contributed by atoms with Crippen molar-refractivity contribution >= 4 is 28.5 Å². The molecular formula is C35H38N4O. The van der Waals surface area contributed by atoms with E-state index in [0.717, 1.165) is 53.2 Å². The summed E-state index contributed by atoms with van der Waals surface area (Å²) in [5, 5.41) is 3.59. The smallest absolute Gasteiger partial charge is 0.209 e. The Morgan fingerprint density at radius 3 is 2.50 bits per heavy atom. The summed E-state index contributed by atoms with van der Waals surface area (Å²) in [5.74, 6) is 1.48. The third-order valence-electron chi connectivity index (χ3n) is 9.22. The van der Waals surface area contributed by atoms with Crippen molar-refractivity contribution in [2.24, 2.45) is 5.41 Å². The number of hydrogen-bond acceptors (Lipinski definition) is 4. The van der Waals surface area contributed by atoms with E-state index in [-0.39, 0.29) is 22.8 Å². The number of hydrogen-bond donors (Lipinski definition) is 1. The lowest BCUT2D eigenvalue weighted by Gasteiger charge is -2.48. The lowest BCUT2D eigenvalue weighted by Crippen LogP contribution is -2.47. The van der Waals surface area contributed by atoms with E-state index in [1.807, 2.05) is 6.07 Å². The van der Waals surface area contributed by atoms with Crippen molar-refractivity contribution < 1.29 is 4.79 Å². The molecule has 0 saturated heterocycles. The summed E-state index contributed by atoms with van der Waals surface area (Å²) in [6, 6.07) is 25.8. The van der Waals surface area contributed by atoms with E-state index in [9.17, 15) is 4.79 Å². The second-order valence-corrected chi connectivity index (χ2v) is 13.5. The van der Waals surface area contributed by atoms with Crippen LogP contribution >= 0.6 is 0 Å². The van der Waals surface area contributed by atoms with Crippen LogP contribution in [0, 0.1) is 5.41 Å². The summed E-state index contributed by atoms with van der Waals surface area (Å²) in [7, 11) is 0. The largest absolute Gasteiger partial charge is 0.362 e. The third-order valence-corrected chi connectivity index (χ3v) is 9.22. The number of rotatable bonds is 3. The van der Waals surface area contributed by atoms with Crippen LogP contribution in [0.4, 0.5) is 11.6 Å². The number of carbonyl (C=O) groups excluding carboxylic acids is 1. The normalized spacial score (nSPS) is 22.9. The van der Waals surface area contributed by atoms with Crippen molar-refractivity contribution in [2.45, 2.75) is 77.9 Å². The molecule has 0 fully saturated rings. The van der Waals surface area contributed by atoms with Crippen molar-refractivity contribution in [1.82, 2.24) is 9.55 Å². The van der Waals surface area contributed by atoms with Crippen molar-refractivity contribution in [3.05, 3.63) is 101 Å². The van der Waals surface area contributed by atoms with Gasteiger partial charge in [-0.05, 0) is 72.9 Å². The first-order valence-electron chi connectivity index (χ1n) is 14.6. The molecule has 0 amide bonds. The van der Waals surface area contributed by atoms with Gasteiger partial charge in [0, 0.05) is 35.5 Å². The molecule has 0 saturated carbocycles. The highest BCUT2D eigenvalue weighted by molar-refractivity contribution is 6.01. The Balaban J connectivity index is 1.40. The van der Waals surface area contributed by atoms with Crippen LogP contribution in [-0.2, 0) is 11.3 Å². The average Bonchev–Trinajstić information content (AvgIpc) is 3.27. The maximum atomic E-state index is 13.8. The lowest BCUT2D eigenvalue weighted by atomic mass is 9.72. The highest BCUT2D eigenvalue weighted by Crippen LogP contribution is 2.50. The van der Waals surface area contributed by atoms with Gasteiger partial charge in [0.1, 0.15) is 0 Å². The monoisotopic (exact) mass is 530 g/mol. The van der Waals surface area contributed by atoms with Gasteiger partial charge >= 0.3 is 0 Å². The minimum absolute atomic E-state index is 0.0346. The second-order valence-electron chi connectivity index (χ2n) is 13.5. The van der Waals surface area contributed by atoms with Gasteiger partial charge in [-0.1, -0.05) is 75.4 Å². The maximum Gasteiger partial charge on any atom is 0.209 e. The number of para-hydroxylation sites is 2. The maximum absolute atomic E-state index is 13.8. The molecule has 4 aromatic rings. The van der Waals surface area contributed by atoms with Crippen LogP contribution < -0.4 is 10.2 Å². The summed E-state index contributed by atoms with van der Waals surface area (Å²) in [4.78, 5) is 21.4. The third kappa shape index (κ3) is 3.97. The number of anilines is 2. The minimum atomic E-state index is -0.197. The fourth-order valence-corrected chi connectivity index (χ4v) is 7.48. The molecule has 2 atom stereocenters. The van der Waals surface area contributed by atoms with Crippen molar-refractivity contribution in [1.29, 1.82) is 0 Å². The molecular weight excluding hydrogens is 492 g/mol. The van der Waals surface area contributed by atoms with Gasteiger partial charge < -0.3 is 10.2 Å². The number of imidazole rings is 1. The van der Waals surface area contributed by atoms with Crippen LogP contribution in [0.5, 0.6) is 0 Å². The van der Waals surface area contributed by atoms with E-state index in [0.29, 0.717) is 12.3 Å². The molecule has 1 N–H and O–H groups in total. The molecule has 7 rings (SSSR count). The van der Waals surface area contributed by atoms with Gasteiger partial charge in [-0.2, -0.15) is 0 Å². The van der Waals surface area contributed by atoms with Gasteiger partial charge in [0.15, 0.2) is 5.78 Å². The molecule has 0 radical (unpaired) electrons. The molecule has 5 nitrogen and oxygen atoms in total. The highest BCUT2D eigenvalue weighted by atomic mass is 16.1. The van der Waals surface area contributed by atoms with Crippen molar-refractivity contribution in [2.75, 3.05) is 10.2 Å². The van der Waals surface area contributed by atoms with Gasteiger partial charge in [-0.25, -0.2) is 4.98 Å². The number of allylic oxidation sites excluding steroid dienone is 2. The van der Waals surface area contributed by atoms with Crippen LogP contribution in [0.2, 0.25) is 0 Å². The van der Waals surface area contributed by atoms with Gasteiger partial charge in [-0.3, -0.25) is 9.36 Å². The number of nitrogens with zero attached hydrogens (tertiary/aromatic N) is 3.